The minimum atomic E-state index is 0.538. The van der Waals surface area contributed by atoms with Crippen LogP contribution in [0.25, 0.3) is 0 Å². The molecule has 0 unspecified atom stereocenters. The number of hydrogen-bond acceptors (Lipinski definition) is 1. The molecule has 0 aliphatic carbocycles. The summed E-state index contributed by atoms with van der Waals surface area (Å²) in [7, 11) is 0. The summed E-state index contributed by atoms with van der Waals surface area (Å²) in [5, 5.41) is 3.45. The summed E-state index contributed by atoms with van der Waals surface area (Å²) >= 11 is 0. The van der Waals surface area contributed by atoms with E-state index in [2.05, 4.69) is 57.8 Å². The molecular weight excluding hydrogens is 206 g/mol. The lowest BCUT2D eigenvalue weighted by molar-refractivity contribution is 0.576. The number of rotatable bonds is 6. The van der Waals surface area contributed by atoms with Gasteiger partial charge in [0, 0.05) is 11.4 Å². The topological polar surface area (TPSA) is 12.0 Å². The fourth-order valence-corrected chi connectivity index (χ4v) is 1.93. The van der Waals surface area contributed by atoms with Crippen LogP contribution in [0.3, 0.4) is 0 Å². The second-order valence-electron chi connectivity index (χ2n) is 5.01. The highest BCUT2D eigenvalue weighted by Crippen LogP contribution is 2.22. The molecule has 0 aliphatic heterocycles. The number of unbranched alkanes of at least 4 members (excludes halogenated alkanes) is 1. The summed E-state index contributed by atoms with van der Waals surface area (Å²) < 4.78 is 0. The van der Waals surface area contributed by atoms with Crippen molar-refractivity contribution < 1.29 is 0 Å². The SMILES string of the molecule is C=C(Nc1ccc(C)cc1C)[C@@H](C)CCCC. The Morgan fingerprint density at radius 1 is 1.35 bits per heavy atom. The maximum Gasteiger partial charge on any atom is 0.0411 e. The summed E-state index contributed by atoms with van der Waals surface area (Å²) in [6.07, 6.45) is 3.74. The molecule has 0 bridgehead atoms. The number of allylic oxidation sites excluding steroid dienone is 1. The first-order chi connectivity index (χ1) is 8.04. The first-order valence-corrected chi connectivity index (χ1v) is 6.57. The molecule has 1 heteroatoms. The number of anilines is 1. The zero-order valence-electron chi connectivity index (χ0n) is 11.6. The van der Waals surface area contributed by atoms with Gasteiger partial charge in [-0.15, -0.1) is 0 Å². The quantitative estimate of drug-likeness (QED) is 0.722. The number of aryl methyl sites for hydroxylation is 2. The van der Waals surface area contributed by atoms with E-state index in [1.807, 2.05) is 0 Å². The third-order valence-corrected chi connectivity index (χ3v) is 3.26. The number of nitrogens with one attached hydrogen (secondary N) is 1. The van der Waals surface area contributed by atoms with Crippen molar-refractivity contribution in [3.8, 4) is 0 Å². The standard InChI is InChI=1S/C16H25N/c1-6-7-8-13(3)15(5)17-16-10-9-12(2)11-14(16)4/h9-11,13,17H,5-8H2,1-4H3/t13-/m0/s1. The van der Waals surface area contributed by atoms with Crippen LogP contribution < -0.4 is 5.32 Å². The Hall–Kier alpha value is -1.24. The van der Waals surface area contributed by atoms with E-state index in [-0.39, 0.29) is 0 Å². The van der Waals surface area contributed by atoms with Gasteiger partial charge in [0.25, 0.3) is 0 Å². The van der Waals surface area contributed by atoms with Crippen LogP contribution in [0.15, 0.2) is 30.5 Å². The average molecular weight is 231 g/mol. The minimum Gasteiger partial charge on any atom is -0.359 e. The lowest BCUT2D eigenvalue weighted by Crippen LogP contribution is -2.08. The molecule has 17 heavy (non-hydrogen) atoms. The van der Waals surface area contributed by atoms with E-state index in [1.165, 1.54) is 36.1 Å². The van der Waals surface area contributed by atoms with Crippen LogP contribution in [0.2, 0.25) is 0 Å². The maximum atomic E-state index is 4.16. The summed E-state index contributed by atoms with van der Waals surface area (Å²) in [4.78, 5) is 0. The first kappa shape index (κ1) is 13.8. The van der Waals surface area contributed by atoms with Crippen molar-refractivity contribution in [3.05, 3.63) is 41.6 Å². The molecule has 1 nitrogen and oxygen atoms in total. The van der Waals surface area contributed by atoms with Crippen LogP contribution in [0.1, 0.15) is 44.2 Å². The Balaban J connectivity index is 2.61. The van der Waals surface area contributed by atoms with Crippen molar-refractivity contribution in [2.45, 2.75) is 47.0 Å². The van der Waals surface area contributed by atoms with Gasteiger partial charge in [-0.05, 0) is 37.8 Å². The summed E-state index contributed by atoms with van der Waals surface area (Å²) in [6, 6.07) is 6.48. The van der Waals surface area contributed by atoms with Gasteiger partial charge >= 0.3 is 0 Å². The van der Waals surface area contributed by atoms with E-state index < -0.39 is 0 Å². The zero-order chi connectivity index (χ0) is 12.8. The molecule has 0 aromatic heterocycles. The van der Waals surface area contributed by atoms with Crippen molar-refractivity contribution in [2.75, 3.05) is 5.32 Å². The van der Waals surface area contributed by atoms with Gasteiger partial charge in [-0.25, -0.2) is 0 Å². The highest BCUT2D eigenvalue weighted by Gasteiger charge is 2.07. The van der Waals surface area contributed by atoms with Crippen molar-refractivity contribution in [3.63, 3.8) is 0 Å². The lowest BCUT2D eigenvalue weighted by Gasteiger charge is -2.18. The Bertz CT molecular complexity index is 379. The third kappa shape index (κ3) is 4.26. The monoisotopic (exact) mass is 231 g/mol. The predicted octanol–water partition coefficient (Wildman–Crippen LogP) is 5.06. The van der Waals surface area contributed by atoms with Crippen LogP contribution in [0, 0.1) is 19.8 Å². The Morgan fingerprint density at radius 3 is 2.65 bits per heavy atom. The smallest absolute Gasteiger partial charge is 0.0411 e. The minimum absolute atomic E-state index is 0.538. The van der Waals surface area contributed by atoms with E-state index in [1.54, 1.807) is 0 Å². The molecule has 0 spiro atoms. The van der Waals surface area contributed by atoms with Crippen LogP contribution in [-0.2, 0) is 0 Å². The van der Waals surface area contributed by atoms with Crippen LogP contribution in [-0.4, -0.2) is 0 Å². The van der Waals surface area contributed by atoms with Crippen LogP contribution in [0.5, 0.6) is 0 Å². The van der Waals surface area contributed by atoms with E-state index in [0.717, 1.165) is 5.70 Å². The molecule has 0 fully saturated rings. The molecule has 94 valence electrons. The first-order valence-electron chi connectivity index (χ1n) is 6.57. The van der Waals surface area contributed by atoms with Gasteiger partial charge in [-0.2, -0.15) is 0 Å². The summed E-state index contributed by atoms with van der Waals surface area (Å²) in [5.41, 5.74) is 4.90. The van der Waals surface area contributed by atoms with Crippen molar-refractivity contribution in [1.29, 1.82) is 0 Å². The van der Waals surface area contributed by atoms with Crippen molar-refractivity contribution in [2.24, 2.45) is 5.92 Å². The molecule has 1 N–H and O–H groups in total. The van der Waals surface area contributed by atoms with Crippen molar-refractivity contribution in [1.82, 2.24) is 0 Å². The average Bonchev–Trinajstić information content (AvgIpc) is 2.29. The van der Waals surface area contributed by atoms with E-state index in [0.29, 0.717) is 5.92 Å². The number of benzene rings is 1. The fraction of sp³-hybridized carbons (Fsp3) is 0.500. The Morgan fingerprint density at radius 2 is 2.06 bits per heavy atom. The second kappa shape index (κ2) is 6.48. The van der Waals surface area contributed by atoms with E-state index >= 15 is 0 Å². The van der Waals surface area contributed by atoms with Gasteiger partial charge < -0.3 is 5.32 Å². The lowest BCUT2D eigenvalue weighted by atomic mass is 10.0. The zero-order valence-corrected chi connectivity index (χ0v) is 11.6. The van der Waals surface area contributed by atoms with Gasteiger partial charge in [0.1, 0.15) is 0 Å². The van der Waals surface area contributed by atoms with E-state index in [9.17, 15) is 0 Å². The fourth-order valence-electron chi connectivity index (χ4n) is 1.93. The number of hydrogen-bond donors (Lipinski definition) is 1. The van der Waals surface area contributed by atoms with Gasteiger partial charge in [0.15, 0.2) is 0 Å². The van der Waals surface area contributed by atoms with Gasteiger partial charge in [0.05, 0.1) is 0 Å². The molecule has 1 rings (SSSR count). The Kier molecular flexibility index (Phi) is 5.27. The predicted molar refractivity (Wildman–Crippen MR) is 77.4 cm³/mol. The molecule has 0 aliphatic rings. The normalized spacial score (nSPS) is 12.2. The van der Waals surface area contributed by atoms with Crippen molar-refractivity contribution >= 4 is 5.69 Å². The maximum absolute atomic E-state index is 4.16. The second-order valence-corrected chi connectivity index (χ2v) is 5.01. The highest BCUT2D eigenvalue weighted by atomic mass is 14.9. The van der Waals surface area contributed by atoms with Crippen LogP contribution >= 0.6 is 0 Å². The molecule has 1 aromatic rings. The molecule has 0 saturated carbocycles. The van der Waals surface area contributed by atoms with E-state index in [4.69, 9.17) is 0 Å². The molecule has 0 saturated heterocycles. The van der Waals surface area contributed by atoms with Gasteiger partial charge in [0.2, 0.25) is 0 Å². The Labute approximate surface area is 106 Å². The molecule has 0 amide bonds. The summed E-state index contributed by atoms with van der Waals surface area (Å²) in [6.45, 7) is 12.9. The third-order valence-electron chi connectivity index (χ3n) is 3.26. The molecule has 1 atom stereocenters. The molecule has 1 aromatic carbocycles. The van der Waals surface area contributed by atoms with Gasteiger partial charge in [-0.3, -0.25) is 0 Å². The molecule has 0 radical (unpaired) electrons. The van der Waals surface area contributed by atoms with Gasteiger partial charge in [-0.1, -0.05) is 51.0 Å². The largest absolute Gasteiger partial charge is 0.359 e. The highest BCUT2D eigenvalue weighted by molar-refractivity contribution is 5.55. The molecular formula is C16H25N. The van der Waals surface area contributed by atoms with Crippen LogP contribution in [0.4, 0.5) is 5.69 Å². The molecule has 0 heterocycles. The summed E-state index contributed by atoms with van der Waals surface area (Å²) in [5.74, 6) is 0.538.